The van der Waals surface area contributed by atoms with E-state index in [-0.39, 0.29) is 18.3 Å². The third kappa shape index (κ3) is 2.64. The van der Waals surface area contributed by atoms with Crippen LogP contribution >= 0.6 is 0 Å². The van der Waals surface area contributed by atoms with Crippen LogP contribution in [0.3, 0.4) is 0 Å². The first kappa shape index (κ1) is 11.9. The predicted octanol–water partition coefficient (Wildman–Crippen LogP) is 0.692. The third-order valence-electron chi connectivity index (χ3n) is 1.95. The molecule has 0 saturated heterocycles. The molecular weight excluding hydrogens is 208 g/mol. The zero-order valence-corrected chi connectivity index (χ0v) is 9.11. The van der Waals surface area contributed by atoms with E-state index in [9.17, 15) is 4.79 Å². The van der Waals surface area contributed by atoms with Crippen LogP contribution in [0.5, 0.6) is 11.5 Å². The summed E-state index contributed by atoms with van der Waals surface area (Å²) in [5.74, 6) is 0.453. The number of nitrogens with one attached hydrogen (secondary N) is 1. The summed E-state index contributed by atoms with van der Waals surface area (Å²) in [4.78, 5) is 11.0. The van der Waals surface area contributed by atoms with Gasteiger partial charge in [0.25, 0.3) is 5.91 Å². The lowest BCUT2D eigenvalue weighted by molar-refractivity contribution is -0.122. The molecule has 0 fully saturated rings. The van der Waals surface area contributed by atoms with Gasteiger partial charge in [-0.15, -0.1) is 0 Å². The Morgan fingerprint density at radius 3 is 2.88 bits per heavy atom. The Kier molecular flexibility index (Phi) is 4.16. The molecule has 5 heteroatoms. The number of carbonyl (C=O) groups is 1. The third-order valence-corrected chi connectivity index (χ3v) is 1.95. The number of ether oxygens (including phenoxy) is 2. The lowest BCUT2D eigenvalue weighted by Crippen LogP contribution is -2.25. The highest BCUT2D eigenvalue weighted by molar-refractivity contribution is 5.77. The van der Waals surface area contributed by atoms with Crippen molar-refractivity contribution in [3.63, 3.8) is 0 Å². The Morgan fingerprint density at radius 2 is 2.31 bits per heavy atom. The minimum atomic E-state index is -0.269. The number of methoxy groups -OCH3 is 1. The fourth-order valence-electron chi connectivity index (χ4n) is 1.12. The molecule has 0 atom stereocenters. The highest BCUT2D eigenvalue weighted by Crippen LogP contribution is 2.30. The second-order valence-corrected chi connectivity index (χ2v) is 2.91. The van der Waals surface area contributed by atoms with E-state index in [1.54, 1.807) is 18.2 Å². The number of benzene rings is 1. The Bertz CT molecular complexity index is 424. The van der Waals surface area contributed by atoms with Crippen molar-refractivity contribution >= 4 is 5.91 Å². The molecule has 0 heterocycles. The highest BCUT2D eigenvalue weighted by Gasteiger charge is 2.11. The van der Waals surface area contributed by atoms with Gasteiger partial charge in [-0.3, -0.25) is 4.79 Å². The molecule has 0 aromatic heterocycles. The number of para-hydroxylation sites is 1. The summed E-state index contributed by atoms with van der Waals surface area (Å²) in [6.45, 7) is -0.147. The quantitative estimate of drug-likeness (QED) is 0.810. The van der Waals surface area contributed by atoms with Gasteiger partial charge in [-0.2, -0.15) is 5.26 Å². The summed E-state index contributed by atoms with van der Waals surface area (Å²) in [5, 5.41) is 11.3. The number of hydrogen-bond acceptors (Lipinski definition) is 4. The van der Waals surface area contributed by atoms with Gasteiger partial charge in [0.1, 0.15) is 6.07 Å². The van der Waals surface area contributed by atoms with E-state index >= 15 is 0 Å². The van der Waals surface area contributed by atoms with Crippen LogP contribution in [0.25, 0.3) is 0 Å². The molecule has 1 N–H and O–H groups in total. The maximum Gasteiger partial charge on any atom is 0.257 e. The van der Waals surface area contributed by atoms with E-state index in [1.807, 2.05) is 6.07 Å². The van der Waals surface area contributed by atoms with Crippen LogP contribution in [0, 0.1) is 11.3 Å². The van der Waals surface area contributed by atoms with Gasteiger partial charge in [0.05, 0.1) is 12.7 Å². The van der Waals surface area contributed by atoms with E-state index in [0.717, 1.165) is 0 Å². The first-order valence-corrected chi connectivity index (χ1v) is 4.63. The molecule has 84 valence electrons. The predicted molar refractivity (Wildman–Crippen MR) is 57.3 cm³/mol. The van der Waals surface area contributed by atoms with Gasteiger partial charge in [-0.1, -0.05) is 6.07 Å². The summed E-state index contributed by atoms with van der Waals surface area (Å²) < 4.78 is 10.3. The molecule has 0 spiro atoms. The van der Waals surface area contributed by atoms with E-state index < -0.39 is 0 Å². The van der Waals surface area contributed by atoms with Crippen LogP contribution in [-0.2, 0) is 4.79 Å². The van der Waals surface area contributed by atoms with Crippen molar-refractivity contribution in [1.29, 1.82) is 5.26 Å². The van der Waals surface area contributed by atoms with Crippen molar-refractivity contribution in [2.24, 2.45) is 0 Å². The van der Waals surface area contributed by atoms with Gasteiger partial charge in [0.15, 0.2) is 18.1 Å². The minimum absolute atomic E-state index is 0.147. The Hall–Kier alpha value is -2.22. The first-order valence-electron chi connectivity index (χ1n) is 4.63. The van der Waals surface area contributed by atoms with Crippen molar-refractivity contribution in [2.45, 2.75) is 0 Å². The highest BCUT2D eigenvalue weighted by atomic mass is 16.5. The molecule has 0 radical (unpaired) electrons. The van der Waals surface area contributed by atoms with Gasteiger partial charge in [-0.05, 0) is 12.1 Å². The standard InChI is InChI=1S/C11H12N2O3/c1-13-10(14)7-16-11-8(6-12)4-3-5-9(11)15-2/h3-5H,7H2,1-2H3,(H,13,14). The van der Waals surface area contributed by atoms with Crippen LogP contribution in [0.4, 0.5) is 0 Å². The molecule has 1 aromatic rings. The van der Waals surface area contributed by atoms with Crippen molar-refractivity contribution in [3.05, 3.63) is 23.8 Å². The molecule has 1 rings (SSSR count). The first-order chi connectivity index (χ1) is 7.72. The molecule has 1 aromatic carbocycles. The second kappa shape index (κ2) is 5.61. The SMILES string of the molecule is CNC(=O)COc1c(C#N)cccc1OC. The van der Waals surface area contributed by atoms with Crippen molar-refractivity contribution in [1.82, 2.24) is 5.32 Å². The minimum Gasteiger partial charge on any atom is -0.493 e. The number of likely N-dealkylation sites (N-methyl/N-ethyl adjacent to an activating group) is 1. The summed E-state index contributed by atoms with van der Waals surface area (Å²) in [5.41, 5.74) is 0.336. The van der Waals surface area contributed by atoms with Crippen LogP contribution in [-0.4, -0.2) is 26.7 Å². The molecule has 0 aliphatic heterocycles. The van der Waals surface area contributed by atoms with Crippen LogP contribution in [0.1, 0.15) is 5.56 Å². The lowest BCUT2D eigenvalue weighted by Gasteiger charge is -2.10. The summed E-state index contributed by atoms with van der Waals surface area (Å²) in [6, 6.07) is 6.93. The Labute approximate surface area is 93.6 Å². The van der Waals surface area contributed by atoms with Gasteiger partial charge in [-0.25, -0.2) is 0 Å². The van der Waals surface area contributed by atoms with E-state index in [2.05, 4.69) is 5.32 Å². The van der Waals surface area contributed by atoms with Gasteiger partial charge < -0.3 is 14.8 Å². The van der Waals surface area contributed by atoms with Crippen molar-refractivity contribution in [3.8, 4) is 17.6 Å². The van der Waals surface area contributed by atoms with Gasteiger partial charge in [0.2, 0.25) is 0 Å². The van der Waals surface area contributed by atoms with E-state index in [4.69, 9.17) is 14.7 Å². The average molecular weight is 220 g/mol. The fourth-order valence-corrected chi connectivity index (χ4v) is 1.12. The van der Waals surface area contributed by atoms with Crippen LogP contribution in [0.15, 0.2) is 18.2 Å². The van der Waals surface area contributed by atoms with Gasteiger partial charge in [0, 0.05) is 7.05 Å². The van der Waals surface area contributed by atoms with E-state index in [0.29, 0.717) is 11.3 Å². The van der Waals surface area contributed by atoms with Crippen LogP contribution in [0.2, 0.25) is 0 Å². The molecule has 0 bridgehead atoms. The van der Waals surface area contributed by atoms with Gasteiger partial charge >= 0.3 is 0 Å². The normalized spacial score (nSPS) is 9.06. The largest absolute Gasteiger partial charge is 0.493 e. The van der Waals surface area contributed by atoms with Crippen LogP contribution < -0.4 is 14.8 Å². The molecule has 0 saturated carbocycles. The maximum atomic E-state index is 11.0. The maximum absolute atomic E-state index is 11.0. The number of nitrogens with zero attached hydrogens (tertiary/aromatic N) is 1. The summed E-state index contributed by atoms with van der Waals surface area (Å²) in [7, 11) is 2.99. The molecule has 16 heavy (non-hydrogen) atoms. The number of amides is 1. The summed E-state index contributed by atoms with van der Waals surface area (Å²) in [6.07, 6.45) is 0. The molecular formula is C11H12N2O3. The summed E-state index contributed by atoms with van der Waals surface area (Å²) >= 11 is 0. The molecule has 0 unspecified atom stereocenters. The topological polar surface area (TPSA) is 71.3 Å². The zero-order chi connectivity index (χ0) is 12.0. The monoisotopic (exact) mass is 220 g/mol. The average Bonchev–Trinajstić information content (AvgIpc) is 2.35. The van der Waals surface area contributed by atoms with Crippen molar-refractivity contribution < 1.29 is 14.3 Å². The number of nitriles is 1. The molecule has 0 aliphatic carbocycles. The second-order valence-electron chi connectivity index (χ2n) is 2.91. The number of carbonyl (C=O) groups excluding carboxylic acids is 1. The Morgan fingerprint density at radius 1 is 1.56 bits per heavy atom. The zero-order valence-electron chi connectivity index (χ0n) is 9.11. The number of rotatable bonds is 4. The fraction of sp³-hybridized carbons (Fsp3) is 0.273. The smallest absolute Gasteiger partial charge is 0.257 e. The van der Waals surface area contributed by atoms with Crippen molar-refractivity contribution in [2.75, 3.05) is 20.8 Å². The molecule has 0 aliphatic rings. The molecule has 5 nitrogen and oxygen atoms in total. The molecule has 1 amide bonds. The Balaban J connectivity index is 2.92. The lowest BCUT2D eigenvalue weighted by atomic mass is 10.2. The number of hydrogen-bond donors (Lipinski definition) is 1. The van der Waals surface area contributed by atoms with E-state index in [1.165, 1.54) is 14.2 Å².